The van der Waals surface area contributed by atoms with Crippen molar-refractivity contribution in [1.29, 1.82) is 0 Å². The molecule has 9 nitrogen and oxygen atoms in total. The van der Waals surface area contributed by atoms with Gasteiger partial charge in [0.1, 0.15) is 11.3 Å². The Kier molecular flexibility index (Phi) is 7.29. The highest BCUT2D eigenvalue weighted by molar-refractivity contribution is 5.90. The summed E-state index contributed by atoms with van der Waals surface area (Å²) in [5.41, 5.74) is 2.35. The van der Waals surface area contributed by atoms with Gasteiger partial charge in [-0.05, 0) is 51.1 Å². The van der Waals surface area contributed by atoms with E-state index < -0.39 is 6.36 Å². The largest absolute Gasteiger partial charge is 0.573 e. The van der Waals surface area contributed by atoms with Crippen LogP contribution in [0, 0.1) is 6.92 Å². The third-order valence-corrected chi connectivity index (χ3v) is 5.64. The van der Waals surface area contributed by atoms with Crippen molar-refractivity contribution in [2.75, 3.05) is 43.4 Å². The number of hydrogen-bond donors (Lipinski definition) is 1. The number of aromatic nitrogens is 4. The van der Waals surface area contributed by atoms with Gasteiger partial charge in [-0.1, -0.05) is 12.1 Å². The van der Waals surface area contributed by atoms with Gasteiger partial charge in [0.05, 0.1) is 11.9 Å². The summed E-state index contributed by atoms with van der Waals surface area (Å²) >= 11 is 0. The molecule has 1 saturated heterocycles. The summed E-state index contributed by atoms with van der Waals surface area (Å²) in [6, 6.07) is 5.42. The number of rotatable bonds is 6. The average Bonchev–Trinajstić information content (AvgIpc) is 3.02. The van der Waals surface area contributed by atoms with Crippen LogP contribution in [0.15, 0.2) is 30.5 Å². The molecule has 3 aromatic rings. The monoisotopic (exact) mass is 489 g/mol. The Labute approximate surface area is 200 Å². The van der Waals surface area contributed by atoms with E-state index in [0.717, 1.165) is 32.6 Å². The number of anilines is 2. The molecule has 4 rings (SSSR count). The Hall–Kier alpha value is -3.54. The van der Waals surface area contributed by atoms with Crippen molar-refractivity contribution < 1.29 is 22.7 Å². The quantitative estimate of drug-likeness (QED) is 0.563. The molecule has 3 heterocycles. The first kappa shape index (κ1) is 24.6. The lowest BCUT2D eigenvalue weighted by molar-refractivity contribution is -0.274. The van der Waals surface area contributed by atoms with E-state index in [4.69, 9.17) is 0 Å². The molecule has 2 aromatic heterocycles. The Morgan fingerprint density at radius 2 is 1.86 bits per heavy atom. The normalized spacial score (nSPS) is 15.2. The zero-order chi connectivity index (χ0) is 25.0. The number of hydrogen-bond acceptors (Lipinski definition) is 8. The van der Waals surface area contributed by atoms with Crippen LogP contribution in [-0.2, 0) is 11.2 Å². The number of aryl methyl sites for hydroxylation is 2. The second kappa shape index (κ2) is 10.4. The van der Waals surface area contributed by atoms with Crippen molar-refractivity contribution in [2.24, 2.45) is 0 Å². The fourth-order valence-corrected chi connectivity index (χ4v) is 3.80. The maximum atomic E-state index is 12.4. The second-order valence-corrected chi connectivity index (χ2v) is 8.42. The van der Waals surface area contributed by atoms with Crippen LogP contribution in [0.3, 0.4) is 0 Å². The van der Waals surface area contributed by atoms with Crippen molar-refractivity contribution in [3.8, 4) is 5.75 Å². The molecule has 1 aromatic carbocycles. The van der Waals surface area contributed by atoms with E-state index in [1.54, 1.807) is 0 Å². The van der Waals surface area contributed by atoms with E-state index in [2.05, 4.69) is 46.8 Å². The van der Waals surface area contributed by atoms with Crippen LogP contribution in [0.25, 0.3) is 11.2 Å². The van der Waals surface area contributed by atoms with Crippen LogP contribution in [0.1, 0.15) is 24.1 Å². The highest BCUT2D eigenvalue weighted by Gasteiger charge is 2.31. The number of likely N-dealkylation sites (N-methyl/N-ethyl adjacent to an activating group) is 1. The van der Waals surface area contributed by atoms with Crippen LogP contribution < -0.4 is 15.0 Å². The molecule has 0 aliphatic carbocycles. The highest BCUT2D eigenvalue weighted by Crippen LogP contribution is 2.23. The van der Waals surface area contributed by atoms with Crippen molar-refractivity contribution >= 4 is 28.8 Å². The molecule has 0 bridgehead atoms. The zero-order valence-electron chi connectivity index (χ0n) is 19.5. The highest BCUT2D eigenvalue weighted by atomic mass is 19.4. The SMILES string of the molecule is Cc1nc(N2CCCN(C)CC2)nc2ncc(NC(=O)CCc3ccc(OC(F)(F)F)cc3)nc12. The van der Waals surface area contributed by atoms with Crippen molar-refractivity contribution in [2.45, 2.75) is 32.5 Å². The standard InChI is InChI=1S/C23H26F3N7O2/c1-15-20-21(31-22(28-15)33-11-3-10-32(2)12-13-33)27-14-18(30-20)29-19(34)9-6-16-4-7-17(8-5-16)35-23(24,25)26/h4-5,7-8,14H,3,6,9-13H2,1-2H3,(H,29,30,34). The van der Waals surface area contributed by atoms with Gasteiger partial charge in [0.2, 0.25) is 11.9 Å². The number of amides is 1. The number of halogens is 3. The van der Waals surface area contributed by atoms with Gasteiger partial charge in [-0.3, -0.25) is 4.79 Å². The lowest BCUT2D eigenvalue weighted by atomic mass is 10.1. The lowest BCUT2D eigenvalue weighted by Gasteiger charge is -2.21. The van der Waals surface area contributed by atoms with Crippen molar-refractivity contribution in [3.05, 3.63) is 41.7 Å². The Balaban J connectivity index is 1.37. The number of fused-ring (bicyclic) bond motifs is 1. The molecule has 35 heavy (non-hydrogen) atoms. The van der Waals surface area contributed by atoms with Gasteiger partial charge >= 0.3 is 6.36 Å². The van der Waals surface area contributed by atoms with Crippen LogP contribution in [0.2, 0.25) is 0 Å². The average molecular weight is 490 g/mol. The third-order valence-electron chi connectivity index (χ3n) is 5.64. The molecule has 186 valence electrons. The minimum atomic E-state index is -4.74. The predicted molar refractivity (Wildman–Crippen MR) is 124 cm³/mol. The number of carbonyl (C=O) groups is 1. The maximum Gasteiger partial charge on any atom is 0.573 e. The minimum absolute atomic E-state index is 0.122. The molecule has 12 heteroatoms. The summed E-state index contributed by atoms with van der Waals surface area (Å²) in [6.45, 7) is 5.51. The fraction of sp³-hybridized carbons (Fsp3) is 0.435. The third kappa shape index (κ3) is 6.75. The van der Waals surface area contributed by atoms with Gasteiger partial charge < -0.3 is 19.9 Å². The molecule has 1 aliphatic heterocycles. The maximum absolute atomic E-state index is 12.4. The number of nitrogens with one attached hydrogen (secondary N) is 1. The summed E-state index contributed by atoms with van der Waals surface area (Å²) in [7, 11) is 2.10. The first-order chi connectivity index (χ1) is 16.7. The van der Waals surface area contributed by atoms with Gasteiger partial charge in [0, 0.05) is 26.1 Å². The van der Waals surface area contributed by atoms with Crippen molar-refractivity contribution in [3.63, 3.8) is 0 Å². The molecule has 0 atom stereocenters. The first-order valence-corrected chi connectivity index (χ1v) is 11.3. The molecule has 0 spiro atoms. The van der Waals surface area contributed by atoms with Gasteiger partial charge in [-0.2, -0.15) is 4.98 Å². The predicted octanol–water partition coefficient (Wildman–Crippen LogP) is 3.34. The number of alkyl halides is 3. The Morgan fingerprint density at radius 3 is 2.60 bits per heavy atom. The van der Waals surface area contributed by atoms with Crippen LogP contribution in [0.5, 0.6) is 5.75 Å². The summed E-state index contributed by atoms with van der Waals surface area (Å²) in [6.07, 6.45) is -1.79. The Morgan fingerprint density at radius 1 is 1.09 bits per heavy atom. The number of benzene rings is 1. The summed E-state index contributed by atoms with van der Waals surface area (Å²) in [5, 5.41) is 2.71. The van der Waals surface area contributed by atoms with Crippen molar-refractivity contribution in [1.82, 2.24) is 24.8 Å². The molecule has 1 fully saturated rings. The van der Waals surface area contributed by atoms with E-state index in [9.17, 15) is 18.0 Å². The molecule has 0 radical (unpaired) electrons. The van der Waals surface area contributed by atoms with E-state index in [-0.39, 0.29) is 23.9 Å². The zero-order valence-corrected chi connectivity index (χ0v) is 19.5. The van der Waals surface area contributed by atoms with Crippen LogP contribution >= 0.6 is 0 Å². The van der Waals surface area contributed by atoms with Crippen LogP contribution in [0.4, 0.5) is 24.9 Å². The minimum Gasteiger partial charge on any atom is -0.406 e. The smallest absolute Gasteiger partial charge is 0.406 e. The fourth-order valence-electron chi connectivity index (χ4n) is 3.80. The van der Waals surface area contributed by atoms with Gasteiger partial charge in [-0.25, -0.2) is 15.0 Å². The second-order valence-electron chi connectivity index (χ2n) is 8.42. The molecular formula is C23H26F3N7O2. The summed E-state index contributed by atoms with van der Waals surface area (Å²) in [5.74, 6) is 0.314. The van der Waals surface area contributed by atoms with Crippen LogP contribution in [-0.4, -0.2) is 70.3 Å². The molecule has 0 unspecified atom stereocenters. The number of ether oxygens (including phenoxy) is 1. The van der Waals surface area contributed by atoms with Gasteiger partial charge in [-0.15, -0.1) is 13.2 Å². The molecular weight excluding hydrogens is 463 g/mol. The molecule has 1 amide bonds. The first-order valence-electron chi connectivity index (χ1n) is 11.3. The number of nitrogens with zero attached hydrogens (tertiary/aromatic N) is 6. The van der Waals surface area contributed by atoms with E-state index >= 15 is 0 Å². The lowest BCUT2D eigenvalue weighted by Crippen LogP contribution is -2.30. The Bertz CT molecular complexity index is 1190. The van der Waals surface area contributed by atoms with Gasteiger partial charge in [0.15, 0.2) is 11.5 Å². The number of carbonyl (C=O) groups excluding carboxylic acids is 1. The van der Waals surface area contributed by atoms with E-state index in [0.29, 0.717) is 34.8 Å². The van der Waals surface area contributed by atoms with Gasteiger partial charge in [0.25, 0.3) is 0 Å². The summed E-state index contributed by atoms with van der Waals surface area (Å²) in [4.78, 5) is 34.8. The topological polar surface area (TPSA) is 96.4 Å². The summed E-state index contributed by atoms with van der Waals surface area (Å²) < 4.78 is 40.6. The molecule has 1 N–H and O–H groups in total. The van der Waals surface area contributed by atoms with E-state index in [1.165, 1.54) is 30.5 Å². The van der Waals surface area contributed by atoms with E-state index in [1.807, 2.05) is 6.92 Å². The molecule has 0 saturated carbocycles. The molecule has 1 aliphatic rings.